The molecule has 1 N–H and O–H groups in total. The topological polar surface area (TPSA) is 12.0 Å². The van der Waals surface area contributed by atoms with Gasteiger partial charge < -0.3 is 5.32 Å². The molecule has 0 aromatic carbocycles. The third-order valence-corrected chi connectivity index (χ3v) is 1.47. The molecule has 0 aromatic rings. The number of likely N-dealkylation sites (N-methyl/N-ethyl adjacent to an activating group) is 1. The first-order valence-electron chi connectivity index (χ1n) is 3.85. The van der Waals surface area contributed by atoms with Gasteiger partial charge in [-0.05, 0) is 25.0 Å². The van der Waals surface area contributed by atoms with Crippen LogP contribution in [0.15, 0.2) is 36.1 Å². The van der Waals surface area contributed by atoms with Gasteiger partial charge in [0.15, 0.2) is 0 Å². The summed E-state index contributed by atoms with van der Waals surface area (Å²) < 4.78 is 0. The highest BCUT2D eigenvalue weighted by Crippen LogP contribution is 2.09. The maximum absolute atomic E-state index is 3.93. The second-order valence-corrected chi connectivity index (χ2v) is 2.61. The number of hydrogen-bond donors (Lipinski definition) is 1. The van der Waals surface area contributed by atoms with Crippen LogP contribution >= 0.6 is 0 Å². The molecule has 0 radical (unpaired) electrons. The maximum Gasteiger partial charge on any atom is 0.0366 e. The van der Waals surface area contributed by atoms with E-state index in [1.165, 1.54) is 0 Å². The minimum atomic E-state index is 0.972. The molecular weight excluding hydrogens is 134 g/mol. The lowest BCUT2D eigenvalue weighted by Crippen LogP contribution is -2.07. The van der Waals surface area contributed by atoms with Crippen LogP contribution in [0.5, 0.6) is 0 Å². The number of allylic oxidation sites excluding steroid dienone is 3. The van der Waals surface area contributed by atoms with Crippen LogP contribution < -0.4 is 5.32 Å². The van der Waals surface area contributed by atoms with Crippen molar-refractivity contribution in [3.63, 3.8) is 0 Å². The van der Waals surface area contributed by atoms with Gasteiger partial charge in [0.1, 0.15) is 0 Å². The van der Waals surface area contributed by atoms with E-state index in [4.69, 9.17) is 0 Å². The van der Waals surface area contributed by atoms with Crippen LogP contribution in [-0.4, -0.2) is 7.05 Å². The minimum Gasteiger partial charge on any atom is -0.388 e. The van der Waals surface area contributed by atoms with E-state index in [-0.39, 0.29) is 0 Å². The zero-order valence-corrected chi connectivity index (χ0v) is 7.70. The Morgan fingerprint density at radius 1 is 1.45 bits per heavy atom. The Balaban J connectivity index is 4.39. The van der Waals surface area contributed by atoms with Crippen molar-refractivity contribution in [2.75, 3.05) is 7.05 Å². The van der Waals surface area contributed by atoms with Gasteiger partial charge >= 0.3 is 0 Å². The average molecular weight is 151 g/mol. The Bertz CT molecular complexity index is 187. The Hall–Kier alpha value is -0.980. The van der Waals surface area contributed by atoms with Crippen LogP contribution in [0, 0.1) is 0 Å². The zero-order valence-electron chi connectivity index (χ0n) is 7.70. The predicted molar refractivity (Wildman–Crippen MR) is 51.4 cm³/mol. The molecule has 0 heterocycles. The van der Waals surface area contributed by atoms with Crippen LogP contribution in [0.3, 0.4) is 0 Å². The normalized spacial score (nSPS) is 11.0. The molecule has 0 aromatic heterocycles. The SMILES string of the molecule is C=C(C)/C=C(/NC)C(=C)CC. The number of nitrogens with one attached hydrogen (secondary N) is 1. The van der Waals surface area contributed by atoms with Crippen molar-refractivity contribution in [3.05, 3.63) is 36.1 Å². The average Bonchev–Trinajstić information content (AvgIpc) is 1.98. The van der Waals surface area contributed by atoms with Gasteiger partial charge in [0.2, 0.25) is 0 Å². The molecular formula is C10H17N. The van der Waals surface area contributed by atoms with E-state index in [0.717, 1.165) is 23.3 Å². The van der Waals surface area contributed by atoms with E-state index in [1.54, 1.807) is 0 Å². The molecule has 0 bridgehead atoms. The largest absolute Gasteiger partial charge is 0.388 e. The lowest BCUT2D eigenvalue weighted by molar-refractivity contribution is 0.955. The van der Waals surface area contributed by atoms with E-state index in [0.29, 0.717) is 0 Å². The molecule has 0 saturated heterocycles. The van der Waals surface area contributed by atoms with Crippen LogP contribution in [-0.2, 0) is 0 Å². The van der Waals surface area contributed by atoms with Crippen molar-refractivity contribution in [1.29, 1.82) is 0 Å². The van der Waals surface area contributed by atoms with Crippen molar-refractivity contribution in [2.45, 2.75) is 20.3 Å². The lowest BCUT2D eigenvalue weighted by atomic mass is 10.1. The van der Waals surface area contributed by atoms with Crippen LogP contribution in [0.25, 0.3) is 0 Å². The van der Waals surface area contributed by atoms with Gasteiger partial charge in [-0.25, -0.2) is 0 Å². The summed E-state index contributed by atoms with van der Waals surface area (Å²) in [6.45, 7) is 11.8. The Labute approximate surface area is 69.5 Å². The molecule has 11 heavy (non-hydrogen) atoms. The van der Waals surface area contributed by atoms with Crippen molar-refractivity contribution >= 4 is 0 Å². The van der Waals surface area contributed by atoms with E-state index in [9.17, 15) is 0 Å². The van der Waals surface area contributed by atoms with Gasteiger partial charge in [0.25, 0.3) is 0 Å². The van der Waals surface area contributed by atoms with Gasteiger partial charge in [-0.15, -0.1) is 0 Å². The number of rotatable bonds is 4. The molecule has 0 saturated carbocycles. The molecule has 0 amide bonds. The first-order valence-corrected chi connectivity index (χ1v) is 3.85. The van der Waals surface area contributed by atoms with Crippen molar-refractivity contribution < 1.29 is 0 Å². The summed E-state index contributed by atoms with van der Waals surface area (Å²) in [5.41, 5.74) is 3.25. The third-order valence-electron chi connectivity index (χ3n) is 1.47. The first kappa shape index (κ1) is 10.0. The van der Waals surface area contributed by atoms with Crippen molar-refractivity contribution in [2.24, 2.45) is 0 Å². The van der Waals surface area contributed by atoms with E-state index in [2.05, 4.69) is 25.4 Å². The van der Waals surface area contributed by atoms with E-state index >= 15 is 0 Å². The standard InChI is InChI=1S/C10H17N/c1-6-9(4)10(11-5)7-8(2)3/h7,11H,2,4,6H2,1,3,5H3/b10-7+. The lowest BCUT2D eigenvalue weighted by Gasteiger charge is -2.07. The molecule has 0 aliphatic heterocycles. The summed E-state index contributed by atoms with van der Waals surface area (Å²) in [6, 6.07) is 0. The molecule has 0 unspecified atom stereocenters. The fourth-order valence-electron chi connectivity index (χ4n) is 0.788. The molecule has 1 heteroatoms. The molecule has 62 valence electrons. The van der Waals surface area contributed by atoms with Crippen LogP contribution in [0.2, 0.25) is 0 Å². The predicted octanol–water partition coefficient (Wildman–Crippen LogP) is 2.63. The van der Waals surface area contributed by atoms with Crippen LogP contribution in [0.4, 0.5) is 0 Å². The molecule has 0 spiro atoms. The summed E-state index contributed by atoms with van der Waals surface area (Å²) in [5.74, 6) is 0. The third kappa shape index (κ3) is 3.66. The molecule has 0 aliphatic rings. The fraction of sp³-hybridized carbons (Fsp3) is 0.400. The molecule has 0 atom stereocenters. The highest BCUT2D eigenvalue weighted by atomic mass is 14.8. The zero-order chi connectivity index (χ0) is 8.85. The smallest absolute Gasteiger partial charge is 0.0366 e. The summed E-state index contributed by atoms with van der Waals surface area (Å²) in [7, 11) is 1.90. The Kier molecular flexibility index (Phi) is 4.35. The van der Waals surface area contributed by atoms with Crippen molar-refractivity contribution in [3.8, 4) is 0 Å². The monoisotopic (exact) mass is 151 g/mol. The minimum absolute atomic E-state index is 0.972. The highest BCUT2D eigenvalue weighted by Gasteiger charge is 1.95. The van der Waals surface area contributed by atoms with Gasteiger partial charge in [-0.1, -0.05) is 25.7 Å². The molecule has 0 aliphatic carbocycles. The summed E-state index contributed by atoms with van der Waals surface area (Å²) in [6.07, 6.45) is 2.98. The van der Waals surface area contributed by atoms with E-state index < -0.39 is 0 Å². The van der Waals surface area contributed by atoms with Gasteiger partial charge in [-0.2, -0.15) is 0 Å². The maximum atomic E-state index is 3.93. The second kappa shape index (κ2) is 4.78. The van der Waals surface area contributed by atoms with Gasteiger partial charge in [-0.3, -0.25) is 0 Å². The molecule has 1 nitrogen and oxygen atoms in total. The van der Waals surface area contributed by atoms with Gasteiger partial charge in [0, 0.05) is 12.7 Å². The summed E-state index contributed by atoms with van der Waals surface area (Å²) in [4.78, 5) is 0. The summed E-state index contributed by atoms with van der Waals surface area (Å²) >= 11 is 0. The van der Waals surface area contributed by atoms with Crippen molar-refractivity contribution in [1.82, 2.24) is 5.32 Å². The molecule has 0 fully saturated rings. The second-order valence-electron chi connectivity index (χ2n) is 2.61. The fourth-order valence-corrected chi connectivity index (χ4v) is 0.788. The van der Waals surface area contributed by atoms with Gasteiger partial charge in [0.05, 0.1) is 0 Å². The molecule has 0 rings (SSSR count). The van der Waals surface area contributed by atoms with E-state index in [1.807, 2.05) is 20.0 Å². The Morgan fingerprint density at radius 2 is 2.00 bits per heavy atom. The quantitative estimate of drug-likeness (QED) is 0.609. The number of hydrogen-bond acceptors (Lipinski definition) is 1. The Morgan fingerprint density at radius 3 is 2.27 bits per heavy atom. The highest BCUT2D eigenvalue weighted by molar-refractivity contribution is 5.32. The summed E-state index contributed by atoms with van der Waals surface area (Å²) in [5, 5.41) is 3.08. The first-order chi connectivity index (χ1) is 5.11. The van der Waals surface area contributed by atoms with Crippen LogP contribution in [0.1, 0.15) is 20.3 Å².